The first-order chi connectivity index (χ1) is 13.3. The van der Waals surface area contributed by atoms with Crippen LogP contribution in [0.4, 0.5) is 0 Å². The number of H-pyrrole nitrogens is 1. The SMILES string of the molecule is CN=C(NCc1cc2ccccc2[nH]1)N1CCN(Cc2ccccc2)CC1. The zero-order valence-corrected chi connectivity index (χ0v) is 15.9. The van der Waals surface area contributed by atoms with Crippen LogP contribution in [0.3, 0.4) is 0 Å². The Balaban J connectivity index is 1.30. The number of guanidine groups is 1. The molecule has 3 aromatic rings. The molecule has 5 heteroatoms. The second-order valence-corrected chi connectivity index (χ2v) is 7.03. The number of nitrogens with zero attached hydrogens (tertiary/aromatic N) is 3. The Morgan fingerprint density at radius 2 is 1.74 bits per heavy atom. The van der Waals surface area contributed by atoms with Gasteiger partial charge in [-0.1, -0.05) is 48.5 Å². The van der Waals surface area contributed by atoms with E-state index in [0.717, 1.165) is 45.2 Å². The fourth-order valence-corrected chi connectivity index (χ4v) is 3.69. The average Bonchev–Trinajstić information content (AvgIpc) is 3.13. The summed E-state index contributed by atoms with van der Waals surface area (Å²) in [4.78, 5) is 12.8. The lowest BCUT2D eigenvalue weighted by atomic mass is 10.2. The van der Waals surface area contributed by atoms with Crippen molar-refractivity contribution >= 4 is 16.9 Å². The fourth-order valence-electron chi connectivity index (χ4n) is 3.69. The van der Waals surface area contributed by atoms with Crippen LogP contribution in [-0.4, -0.2) is 54.0 Å². The number of nitrogens with one attached hydrogen (secondary N) is 2. The predicted molar refractivity (Wildman–Crippen MR) is 112 cm³/mol. The molecule has 1 saturated heterocycles. The second kappa shape index (κ2) is 8.27. The molecular weight excluding hydrogens is 334 g/mol. The van der Waals surface area contributed by atoms with Crippen LogP contribution in [0, 0.1) is 0 Å². The van der Waals surface area contributed by atoms with Crippen LogP contribution in [0.5, 0.6) is 0 Å². The molecule has 2 aromatic carbocycles. The fraction of sp³-hybridized carbons (Fsp3) is 0.318. The van der Waals surface area contributed by atoms with Gasteiger partial charge in [0.05, 0.1) is 6.54 Å². The Labute approximate surface area is 160 Å². The number of benzene rings is 2. The molecule has 4 rings (SSSR count). The van der Waals surface area contributed by atoms with Crippen LogP contribution in [0.25, 0.3) is 10.9 Å². The summed E-state index contributed by atoms with van der Waals surface area (Å²) in [7, 11) is 1.86. The third-order valence-corrected chi connectivity index (χ3v) is 5.16. The lowest BCUT2D eigenvalue weighted by Crippen LogP contribution is -2.52. The number of hydrogen-bond acceptors (Lipinski definition) is 2. The molecule has 0 spiro atoms. The van der Waals surface area contributed by atoms with E-state index < -0.39 is 0 Å². The summed E-state index contributed by atoms with van der Waals surface area (Å²) >= 11 is 0. The summed E-state index contributed by atoms with van der Waals surface area (Å²) in [6.45, 7) is 5.89. The number of hydrogen-bond donors (Lipinski definition) is 2. The first kappa shape index (κ1) is 17.6. The van der Waals surface area contributed by atoms with Gasteiger partial charge in [-0.05, 0) is 23.1 Å². The highest BCUT2D eigenvalue weighted by Crippen LogP contribution is 2.14. The van der Waals surface area contributed by atoms with Gasteiger partial charge >= 0.3 is 0 Å². The Kier molecular flexibility index (Phi) is 5.39. The molecule has 2 heterocycles. The number of aromatic amines is 1. The van der Waals surface area contributed by atoms with Crippen LogP contribution in [0.15, 0.2) is 65.7 Å². The molecule has 1 fully saturated rings. The number of fused-ring (bicyclic) bond motifs is 1. The van der Waals surface area contributed by atoms with Crippen molar-refractivity contribution in [3.05, 3.63) is 71.9 Å². The van der Waals surface area contributed by atoms with Crippen molar-refractivity contribution < 1.29 is 0 Å². The molecule has 1 aliphatic heterocycles. The maximum Gasteiger partial charge on any atom is 0.194 e. The Hall–Kier alpha value is -2.79. The van der Waals surface area contributed by atoms with Crippen molar-refractivity contribution in [2.75, 3.05) is 33.2 Å². The summed E-state index contributed by atoms with van der Waals surface area (Å²) in [5.41, 5.74) is 3.74. The Morgan fingerprint density at radius 3 is 2.48 bits per heavy atom. The minimum absolute atomic E-state index is 0.756. The molecule has 1 aromatic heterocycles. The van der Waals surface area contributed by atoms with Gasteiger partial charge in [-0.2, -0.15) is 0 Å². The molecule has 0 amide bonds. The first-order valence-corrected chi connectivity index (χ1v) is 9.60. The van der Waals surface area contributed by atoms with Crippen molar-refractivity contribution in [2.45, 2.75) is 13.1 Å². The van der Waals surface area contributed by atoms with E-state index >= 15 is 0 Å². The molecule has 0 bridgehead atoms. The average molecular weight is 361 g/mol. The van der Waals surface area contributed by atoms with Gasteiger partial charge in [0.2, 0.25) is 0 Å². The largest absolute Gasteiger partial charge is 0.357 e. The Morgan fingerprint density at radius 1 is 1.00 bits per heavy atom. The molecule has 0 radical (unpaired) electrons. The quantitative estimate of drug-likeness (QED) is 0.555. The molecule has 140 valence electrons. The van der Waals surface area contributed by atoms with Gasteiger partial charge in [0.15, 0.2) is 5.96 Å². The molecule has 0 aliphatic carbocycles. The summed E-state index contributed by atoms with van der Waals surface area (Å²) in [5, 5.41) is 4.76. The van der Waals surface area contributed by atoms with Crippen LogP contribution in [0.2, 0.25) is 0 Å². The number of rotatable bonds is 4. The van der Waals surface area contributed by atoms with Gasteiger partial charge in [0.25, 0.3) is 0 Å². The van der Waals surface area contributed by atoms with E-state index in [1.807, 2.05) is 7.05 Å². The van der Waals surface area contributed by atoms with E-state index in [9.17, 15) is 0 Å². The lowest BCUT2D eigenvalue weighted by Gasteiger charge is -2.36. The summed E-state index contributed by atoms with van der Waals surface area (Å²) in [5.74, 6) is 0.980. The molecule has 27 heavy (non-hydrogen) atoms. The van der Waals surface area contributed by atoms with Gasteiger partial charge in [0, 0.05) is 51.0 Å². The molecule has 0 saturated carbocycles. The van der Waals surface area contributed by atoms with Crippen LogP contribution in [-0.2, 0) is 13.1 Å². The molecular formula is C22H27N5. The zero-order chi connectivity index (χ0) is 18.5. The van der Waals surface area contributed by atoms with Crippen molar-refractivity contribution in [2.24, 2.45) is 4.99 Å². The highest BCUT2D eigenvalue weighted by molar-refractivity contribution is 5.82. The second-order valence-electron chi connectivity index (χ2n) is 7.03. The van der Waals surface area contributed by atoms with Crippen LogP contribution in [0.1, 0.15) is 11.3 Å². The van der Waals surface area contributed by atoms with Crippen LogP contribution < -0.4 is 5.32 Å². The predicted octanol–water partition coefficient (Wildman–Crippen LogP) is 3.06. The lowest BCUT2D eigenvalue weighted by molar-refractivity contribution is 0.172. The summed E-state index contributed by atoms with van der Waals surface area (Å²) in [6.07, 6.45) is 0. The van der Waals surface area contributed by atoms with Gasteiger partial charge in [-0.15, -0.1) is 0 Å². The number of aromatic nitrogens is 1. The normalized spacial score (nSPS) is 16.0. The third kappa shape index (κ3) is 4.31. The first-order valence-electron chi connectivity index (χ1n) is 9.60. The molecule has 5 nitrogen and oxygen atoms in total. The van der Waals surface area contributed by atoms with E-state index in [1.54, 1.807) is 0 Å². The van der Waals surface area contributed by atoms with Gasteiger partial charge < -0.3 is 15.2 Å². The third-order valence-electron chi connectivity index (χ3n) is 5.16. The molecule has 0 atom stereocenters. The topological polar surface area (TPSA) is 46.7 Å². The summed E-state index contributed by atoms with van der Waals surface area (Å²) < 4.78 is 0. The number of aliphatic imine (C=N–C) groups is 1. The minimum atomic E-state index is 0.756. The highest BCUT2D eigenvalue weighted by atomic mass is 15.3. The van der Waals surface area contributed by atoms with Crippen molar-refractivity contribution in [3.8, 4) is 0 Å². The van der Waals surface area contributed by atoms with Gasteiger partial charge in [-0.3, -0.25) is 9.89 Å². The minimum Gasteiger partial charge on any atom is -0.357 e. The Bertz CT molecular complexity index is 858. The van der Waals surface area contributed by atoms with E-state index in [1.165, 1.54) is 22.2 Å². The molecule has 2 N–H and O–H groups in total. The zero-order valence-electron chi connectivity index (χ0n) is 15.9. The van der Waals surface area contributed by atoms with Crippen LogP contribution >= 0.6 is 0 Å². The van der Waals surface area contributed by atoms with Crippen molar-refractivity contribution in [3.63, 3.8) is 0 Å². The number of para-hydroxylation sites is 1. The number of piperazine rings is 1. The van der Waals surface area contributed by atoms with E-state index in [-0.39, 0.29) is 0 Å². The highest BCUT2D eigenvalue weighted by Gasteiger charge is 2.19. The van der Waals surface area contributed by atoms with E-state index in [0.29, 0.717) is 0 Å². The van der Waals surface area contributed by atoms with Gasteiger partial charge in [-0.25, -0.2) is 0 Å². The van der Waals surface area contributed by atoms with E-state index in [2.05, 4.69) is 85.8 Å². The smallest absolute Gasteiger partial charge is 0.194 e. The standard InChI is InChI=1S/C22H27N5/c1-23-22(24-16-20-15-19-9-5-6-10-21(19)25-20)27-13-11-26(12-14-27)17-18-7-3-2-4-8-18/h2-10,15,25H,11-14,16-17H2,1H3,(H,23,24). The maximum absolute atomic E-state index is 4.49. The van der Waals surface area contributed by atoms with Gasteiger partial charge in [0.1, 0.15) is 0 Å². The van der Waals surface area contributed by atoms with Crippen molar-refractivity contribution in [1.29, 1.82) is 0 Å². The maximum atomic E-state index is 4.49. The monoisotopic (exact) mass is 361 g/mol. The molecule has 0 unspecified atom stereocenters. The van der Waals surface area contributed by atoms with Crippen molar-refractivity contribution in [1.82, 2.24) is 20.1 Å². The van der Waals surface area contributed by atoms with E-state index in [4.69, 9.17) is 0 Å². The molecule has 1 aliphatic rings. The summed E-state index contributed by atoms with van der Waals surface area (Å²) in [6, 6.07) is 21.3.